The lowest BCUT2D eigenvalue weighted by atomic mass is 10.0. The van der Waals surface area contributed by atoms with Crippen LogP contribution in [0, 0.1) is 17.8 Å². The molecule has 41 nitrogen and oxygen atoms in total. The van der Waals surface area contributed by atoms with E-state index in [-0.39, 0.29) is 92.5 Å². The number of nitrogens with one attached hydrogen (secondary N) is 8. The first-order chi connectivity index (χ1) is 61.4. The Labute approximate surface area is 782 Å². The van der Waals surface area contributed by atoms with Crippen molar-refractivity contribution < 1.29 is 107 Å². The van der Waals surface area contributed by atoms with Gasteiger partial charge in [-0.2, -0.15) is 30.1 Å². The molecule has 4 aromatic rings. The number of hydrogen-bond donors (Lipinski definition) is 11. The molecule has 0 radical (unpaired) electrons. The van der Waals surface area contributed by atoms with Gasteiger partial charge in [0.15, 0.2) is 0 Å². The van der Waals surface area contributed by atoms with Gasteiger partial charge in [0.25, 0.3) is 0 Å². The van der Waals surface area contributed by atoms with E-state index in [0.717, 1.165) is 40.3 Å². The lowest BCUT2D eigenvalue weighted by Crippen LogP contribution is -2.55. The molecule has 5 rings (SSSR count). The Balaban J connectivity index is 1.55. The molecule has 0 saturated heterocycles. The number of nitrogens with zero attached hydrogens (tertiary/aromatic N) is 7. The minimum absolute atomic E-state index is 0.00268. The summed E-state index contributed by atoms with van der Waals surface area (Å²) in [5, 5.41) is 29.9. The zero-order valence-electron chi connectivity index (χ0n) is 76.8. The smallest absolute Gasteiger partial charge is 0.303 e. The van der Waals surface area contributed by atoms with E-state index in [9.17, 15) is 94.0 Å². The van der Waals surface area contributed by atoms with E-state index in [4.69, 9.17) is 23.1 Å². The number of rotatable bonds is 48. The number of unbranched alkanes of at least 4 members (excludes halogenated alkanes) is 1. The zero-order valence-corrected chi connectivity index (χ0v) is 83.3. The van der Waals surface area contributed by atoms with E-state index in [1.165, 1.54) is 44.2 Å². The molecule has 0 unspecified atom stereocenters. The molecular weight excluding hydrogens is 1880 g/mol. The Kier molecular flexibility index (Phi) is 46.2. The number of allylic oxidation sites excluding steroid dienone is 2. The van der Waals surface area contributed by atoms with Crippen molar-refractivity contribution in [2.75, 3.05) is 134 Å². The number of sulfonamides is 7. The molecule has 1 aliphatic rings. The van der Waals surface area contributed by atoms with Crippen molar-refractivity contribution in [3.63, 3.8) is 0 Å². The third kappa shape index (κ3) is 42.0. The highest BCUT2D eigenvalue weighted by molar-refractivity contribution is 7.90. The zero-order chi connectivity index (χ0) is 98.9. The number of aliphatic carboxylic acids is 1. The molecule has 0 saturated carbocycles. The van der Waals surface area contributed by atoms with Gasteiger partial charge in [0, 0.05) is 124 Å². The van der Waals surface area contributed by atoms with Crippen LogP contribution in [-0.2, 0) is 126 Å². The number of carbonyl (C=O) groups excluding carboxylic acids is 8. The van der Waals surface area contributed by atoms with Gasteiger partial charge >= 0.3 is 5.97 Å². The summed E-state index contributed by atoms with van der Waals surface area (Å²) in [7, 11) is -31.3. The van der Waals surface area contributed by atoms with Crippen LogP contribution < -0.4 is 48.7 Å². The lowest BCUT2D eigenvalue weighted by Gasteiger charge is -2.31. The number of H-pyrrole nitrogens is 1. The first-order valence-corrected chi connectivity index (χ1v) is 55.6. The number of halogens is 1. The highest BCUT2D eigenvalue weighted by atomic mass is 35.5. The number of aromatic amines is 1. The number of para-hydroxylation sites is 1. The van der Waals surface area contributed by atoms with Gasteiger partial charge in [0.05, 0.1) is 86.7 Å². The standard InChI is InChI=1S/C83H134ClN17O24S7/c1-59(2)39-69(89-63(8)102)50-101(132(124,125)73-33-30-66(84)31-34-73)57-82(109)93-71(41-64-25-17-16-18-26-64)47-96(127(10,114)115)53-79(106)91-68(32-35-83(110)111)46-99-56-81(108)94-72(42-65-43-87-75-29-20-19-28-74(65)75)48-97(128(11,116)117)52-78(105)90-67(27-21-22-36-85)45-98(129(118,119)37-23-14-12-13-15-24-38-130(99,120)121)55-80(107)92-70(40-60(3)4)49-100(131(122,123)58-61(5)6)54-77(104)88-62(7)44-95(51-76(86)103)126(9,112)113/h12,14,16-20,25-26,28-31,33-34,43,59-62,67-72,87H,13,15,21-24,27,32,35-42,44-58,85H2,1-11H3,(H2,86,103)(H,88,104)(H,89,102)(H,90,105)(H,91,106)(H,92,107)(H,93,109)(H,94,108)(H,110,111)/b14-12+/t62-,67-,68-,69-,70-,71-,72-/m0/s1. The van der Waals surface area contributed by atoms with E-state index >= 15 is 13.2 Å². The minimum Gasteiger partial charge on any atom is -0.481 e. The summed E-state index contributed by atoms with van der Waals surface area (Å²) in [6, 6.07) is 12.2. The number of aromatic nitrogens is 1. The molecule has 49 heteroatoms. The van der Waals surface area contributed by atoms with Gasteiger partial charge < -0.3 is 58.8 Å². The summed E-state index contributed by atoms with van der Waals surface area (Å²) in [6.07, 6.45) is 6.21. The topological polar surface area (TPSA) is 588 Å². The van der Waals surface area contributed by atoms with Crippen molar-refractivity contribution >= 4 is 146 Å². The van der Waals surface area contributed by atoms with Gasteiger partial charge in [-0.1, -0.05) is 120 Å². The summed E-state index contributed by atoms with van der Waals surface area (Å²) in [6.45, 7) is 2.62. The molecule has 0 bridgehead atoms. The van der Waals surface area contributed by atoms with Gasteiger partial charge in [0.2, 0.25) is 117 Å². The van der Waals surface area contributed by atoms with Crippen LogP contribution in [0.1, 0.15) is 137 Å². The Morgan fingerprint density at radius 1 is 0.583 bits per heavy atom. The summed E-state index contributed by atoms with van der Waals surface area (Å²) in [4.78, 5) is 127. The molecule has 1 aliphatic heterocycles. The van der Waals surface area contributed by atoms with Crippen LogP contribution in [-0.4, -0.2) is 329 Å². The molecule has 13 N–H and O–H groups in total. The second-order valence-corrected chi connectivity index (χ2v) is 49.3. The Hall–Kier alpha value is -8.21. The van der Waals surface area contributed by atoms with Crippen LogP contribution in [0.15, 0.2) is 102 Å². The maximum atomic E-state index is 15.1. The van der Waals surface area contributed by atoms with Crippen LogP contribution in [0.2, 0.25) is 5.02 Å². The average molecular weight is 2010 g/mol. The third-order valence-corrected chi connectivity index (χ3v) is 32.5. The lowest BCUT2D eigenvalue weighted by molar-refractivity contribution is -0.137. The number of benzene rings is 3. The average Bonchev–Trinajstić information content (AvgIpc) is 0.860. The number of carboxylic acids is 1. The van der Waals surface area contributed by atoms with Crippen molar-refractivity contribution in [1.82, 2.24) is 72.3 Å². The largest absolute Gasteiger partial charge is 0.481 e. The SMILES string of the molecule is CC(=O)N[C@@H](CC(C)C)CN(CC(=O)N[C@@H](Cc1ccccc1)CN(CC(=O)N[C@@H](CCC(=O)O)CN1CC(=O)N[C@@H](Cc2c[nH]c3ccccc23)CN(S(C)(=O)=O)CC(=O)N[C@@H](CCCCN)CN(CC(=O)N[C@@H](CC(C)C)CN(CC(=O)N[C@@H](C)CN(CC(N)=O)S(C)(=O)=O)S(=O)(=O)CC(C)C)S(=O)(=O)CC/C=C/CCCCS1(=O)=O)S(C)(=O)=O)S(=O)(=O)c1ccc(Cl)cc1. The second kappa shape index (κ2) is 53.3. The molecule has 1 aromatic heterocycles. The maximum Gasteiger partial charge on any atom is 0.303 e. The first kappa shape index (κ1) is 114. The van der Waals surface area contributed by atoms with Crippen molar-refractivity contribution in [3.05, 3.63) is 113 Å². The van der Waals surface area contributed by atoms with Gasteiger partial charge in [-0.25, -0.2) is 58.9 Å². The molecule has 2 heterocycles. The van der Waals surface area contributed by atoms with Crippen LogP contribution in [0.25, 0.3) is 10.9 Å². The van der Waals surface area contributed by atoms with Gasteiger partial charge in [-0.3, -0.25) is 43.2 Å². The summed E-state index contributed by atoms with van der Waals surface area (Å²) in [5.41, 5.74) is 12.9. The Morgan fingerprint density at radius 2 is 1.12 bits per heavy atom. The van der Waals surface area contributed by atoms with Crippen LogP contribution >= 0.6 is 11.6 Å². The molecule has 744 valence electrons. The van der Waals surface area contributed by atoms with E-state index in [1.807, 2.05) is 13.8 Å². The molecule has 3 aromatic carbocycles. The van der Waals surface area contributed by atoms with E-state index in [2.05, 4.69) is 42.2 Å². The number of carbonyl (C=O) groups is 9. The monoisotopic (exact) mass is 2010 g/mol. The molecular formula is C83H134ClN17O24S7. The first-order valence-electron chi connectivity index (χ1n) is 43.4. The molecule has 0 fully saturated rings. The third-order valence-electron chi connectivity index (χ3n) is 20.9. The highest BCUT2D eigenvalue weighted by Gasteiger charge is 2.39. The fourth-order valence-electron chi connectivity index (χ4n) is 15.0. The number of nitrogens with two attached hydrogens (primary N) is 2. The quantitative estimate of drug-likeness (QED) is 0.0215. The number of hydrogen-bond acceptors (Lipinski definition) is 24. The van der Waals surface area contributed by atoms with Gasteiger partial charge in [-0.15, -0.1) is 0 Å². The van der Waals surface area contributed by atoms with Gasteiger partial charge in [-0.05, 0) is 143 Å². The summed E-state index contributed by atoms with van der Waals surface area (Å²) in [5.74, 6) is -11.6. The summed E-state index contributed by atoms with van der Waals surface area (Å²) >= 11 is 6.13. The molecule has 7 atom stereocenters. The number of fused-ring (bicyclic) bond motifs is 1. The molecule has 0 spiro atoms. The van der Waals surface area contributed by atoms with Crippen LogP contribution in [0.3, 0.4) is 0 Å². The molecule has 132 heavy (non-hydrogen) atoms. The Morgan fingerprint density at radius 3 is 1.71 bits per heavy atom. The van der Waals surface area contributed by atoms with Gasteiger partial charge in [0.1, 0.15) is 0 Å². The predicted octanol–water partition coefficient (Wildman–Crippen LogP) is 0.769. The number of amides is 8. The van der Waals surface area contributed by atoms with Crippen molar-refractivity contribution in [3.8, 4) is 0 Å². The van der Waals surface area contributed by atoms with E-state index in [0.29, 0.717) is 37.1 Å². The number of primary amides is 1. The Bertz CT molecular complexity index is 5390. The number of carboxylic acid groups (broad SMARTS) is 1. The van der Waals surface area contributed by atoms with E-state index in [1.54, 1.807) is 94.6 Å². The molecule has 8 amide bonds. The molecule has 0 aliphatic carbocycles. The summed E-state index contributed by atoms with van der Waals surface area (Å²) < 4.78 is 204. The van der Waals surface area contributed by atoms with E-state index < -0.39 is 293 Å². The van der Waals surface area contributed by atoms with Crippen molar-refractivity contribution in [2.24, 2.45) is 29.2 Å². The van der Waals surface area contributed by atoms with Crippen LogP contribution in [0.5, 0.6) is 0 Å². The van der Waals surface area contributed by atoms with Crippen LogP contribution in [0.4, 0.5) is 0 Å². The minimum atomic E-state index is -4.74. The second-order valence-electron chi connectivity index (χ2n) is 34.7. The normalized spacial score (nSPS) is 18.3. The fourth-order valence-corrected chi connectivity index (χ4v) is 23.8. The maximum absolute atomic E-state index is 15.1. The predicted molar refractivity (Wildman–Crippen MR) is 503 cm³/mol. The highest BCUT2D eigenvalue weighted by Crippen LogP contribution is 2.25. The van der Waals surface area contributed by atoms with Crippen molar-refractivity contribution in [1.29, 1.82) is 0 Å². The fraction of sp³-hybridized carbons (Fsp3) is 0.627. The van der Waals surface area contributed by atoms with Crippen molar-refractivity contribution in [2.45, 2.75) is 186 Å².